The van der Waals surface area contributed by atoms with Crippen LogP contribution in [0.15, 0.2) is 55.4 Å². The normalized spacial score (nSPS) is 14.9. The number of aliphatic hydroxyl groups excluding tert-OH is 2. The van der Waals surface area contributed by atoms with Crippen molar-refractivity contribution in [2.75, 3.05) is 6.61 Å². The lowest BCUT2D eigenvalue weighted by atomic mass is 9.88. The number of carbonyl (C=O) groups excluding carboxylic acids is 1. The molecule has 3 heterocycles. The van der Waals surface area contributed by atoms with Gasteiger partial charge in [-0.15, -0.1) is 0 Å². The van der Waals surface area contributed by atoms with E-state index in [2.05, 4.69) is 9.97 Å². The number of amides is 1. The second kappa shape index (κ2) is 12.1. The number of carbonyl (C=O) groups is 1. The minimum Gasteiger partial charge on any atom is -0.487 e. The smallest absolute Gasteiger partial charge is 0.228 e. The predicted molar refractivity (Wildman–Crippen MR) is 147 cm³/mol. The maximum Gasteiger partial charge on any atom is 0.228 e. The first-order chi connectivity index (χ1) is 19.0. The molecule has 2 N–H and O–H groups in total. The van der Waals surface area contributed by atoms with E-state index < -0.39 is 12.8 Å². The van der Waals surface area contributed by atoms with E-state index in [0.717, 1.165) is 48.9 Å². The average Bonchev–Trinajstić information content (AvgIpc) is 3.50. The van der Waals surface area contributed by atoms with Gasteiger partial charge >= 0.3 is 0 Å². The molecule has 1 unspecified atom stereocenters. The van der Waals surface area contributed by atoms with Crippen LogP contribution in [0.3, 0.4) is 0 Å². The van der Waals surface area contributed by atoms with E-state index in [9.17, 15) is 15.0 Å². The number of rotatable bonds is 9. The minimum absolute atomic E-state index is 0.0565. The number of halogens is 1. The number of fused-ring (bicyclic) bond motifs is 1. The molecule has 1 aromatic carbocycles. The number of nitrogens with zero attached hydrogens (tertiary/aromatic N) is 5. The Morgan fingerprint density at radius 3 is 2.79 bits per heavy atom. The van der Waals surface area contributed by atoms with E-state index in [4.69, 9.17) is 21.3 Å². The first kappa shape index (κ1) is 27.1. The SMILES string of the molecule is Cc1cc(-n2ccnc2)c2cccc(OCc3c(Cl)cncc3CN(C(=O)C3CCCCC3)C(O)CO)c2n1. The van der Waals surface area contributed by atoms with Crippen molar-refractivity contribution < 1.29 is 19.7 Å². The number of aryl methyl sites for hydroxylation is 1. The fourth-order valence-electron chi connectivity index (χ4n) is 5.21. The molecule has 9 nitrogen and oxygen atoms in total. The fourth-order valence-corrected chi connectivity index (χ4v) is 5.44. The number of benzene rings is 1. The summed E-state index contributed by atoms with van der Waals surface area (Å²) >= 11 is 6.57. The van der Waals surface area contributed by atoms with Crippen LogP contribution < -0.4 is 4.74 Å². The standard InChI is InChI=1S/C29H32ClN5O4/c1-19-12-25(34-11-10-31-18-34)22-8-5-9-26(28(22)33-19)39-17-23-21(13-32-14-24(23)30)15-35(27(37)16-36)29(38)20-6-3-2-4-7-20/h5,8-14,18,20,27,36-37H,2-4,6-7,15-17H2,1H3. The van der Waals surface area contributed by atoms with E-state index in [-0.39, 0.29) is 25.0 Å². The summed E-state index contributed by atoms with van der Waals surface area (Å²) in [6.07, 6.45) is 11.8. The monoisotopic (exact) mass is 549 g/mol. The second-order valence-corrected chi connectivity index (χ2v) is 10.3. The molecule has 0 bridgehead atoms. The van der Waals surface area contributed by atoms with Gasteiger partial charge in [-0.1, -0.05) is 43.0 Å². The Kier molecular flexibility index (Phi) is 8.40. The van der Waals surface area contributed by atoms with Crippen LogP contribution in [0.25, 0.3) is 16.6 Å². The Hall–Kier alpha value is -3.53. The number of hydrogen-bond acceptors (Lipinski definition) is 7. The molecule has 3 aromatic heterocycles. The fraction of sp³-hybridized carbons (Fsp3) is 0.379. The Bertz CT molecular complexity index is 1440. The van der Waals surface area contributed by atoms with Gasteiger partial charge in [0.2, 0.25) is 5.91 Å². The summed E-state index contributed by atoms with van der Waals surface area (Å²) in [6.45, 7) is 1.53. The Morgan fingerprint density at radius 2 is 2.05 bits per heavy atom. The molecule has 0 saturated heterocycles. The van der Waals surface area contributed by atoms with Gasteiger partial charge in [0.1, 0.15) is 17.9 Å². The van der Waals surface area contributed by atoms with Crippen molar-refractivity contribution in [3.8, 4) is 11.4 Å². The molecule has 0 spiro atoms. The van der Waals surface area contributed by atoms with E-state index in [0.29, 0.717) is 27.4 Å². The molecule has 204 valence electrons. The third-order valence-corrected chi connectivity index (χ3v) is 7.58. The summed E-state index contributed by atoms with van der Waals surface area (Å²) < 4.78 is 8.22. The summed E-state index contributed by atoms with van der Waals surface area (Å²) in [5, 5.41) is 21.5. The highest BCUT2D eigenvalue weighted by atomic mass is 35.5. The Labute approximate surface area is 232 Å². The van der Waals surface area contributed by atoms with Gasteiger partial charge in [0.15, 0.2) is 6.23 Å². The molecule has 1 aliphatic carbocycles. The van der Waals surface area contributed by atoms with Gasteiger partial charge in [0.25, 0.3) is 0 Å². The van der Waals surface area contributed by atoms with Gasteiger partial charge in [0, 0.05) is 47.3 Å². The quantitative estimate of drug-likeness (QED) is 0.294. The maximum atomic E-state index is 13.3. The molecule has 1 saturated carbocycles. The molecule has 1 aliphatic rings. The van der Waals surface area contributed by atoms with Crippen molar-refractivity contribution >= 4 is 28.4 Å². The van der Waals surface area contributed by atoms with Gasteiger partial charge in [-0.25, -0.2) is 9.97 Å². The van der Waals surface area contributed by atoms with Crippen molar-refractivity contribution in [2.24, 2.45) is 5.92 Å². The molecule has 1 amide bonds. The highest BCUT2D eigenvalue weighted by molar-refractivity contribution is 6.31. The lowest BCUT2D eigenvalue weighted by Gasteiger charge is -2.32. The van der Waals surface area contributed by atoms with Crippen LogP contribution in [0.1, 0.15) is 48.9 Å². The summed E-state index contributed by atoms with van der Waals surface area (Å²) in [5.74, 6) is 0.257. The summed E-state index contributed by atoms with van der Waals surface area (Å²) in [7, 11) is 0. The molecule has 1 fully saturated rings. The van der Waals surface area contributed by atoms with Gasteiger partial charge in [-0.3, -0.25) is 9.78 Å². The molecule has 1 atom stereocenters. The van der Waals surface area contributed by atoms with Crippen LogP contribution >= 0.6 is 11.6 Å². The van der Waals surface area contributed by atoms with E-state index in [1.165, 1.54) is 11.1 Å². The third kappa shape index (κ3) is 5.90. The summed E-state index contributed by atoms with van der Waals surface area (Å²) in [4.78, 5) is 27.8. The maximum absolute atomic E-state index is 13.3. The number of para-hydroxylation sites is 1. The zero-order valence-electron chi connectivity index (χ0n) is 21.8. The van der Waals surface area contributed by atoms with Gasteiger partial charge in [-0.2, -0.15) is 0 Å². The zero-order valence-corrected chi connectivity index (χ0v) is 22.6. The van der Waals surface area contributed by atoms with E-state index >= 15 is 0 Å². The largest absolute Gasteiger partial charge is 0.487 e. The highest BCUT2D eigenvalue weighted by Crippen LogP contribution is 2.32. The first-order valence-corrected chi connectivity index (χ1v) is 13.6. The van der Waals surface area contributed by atoms with Crippen LogP contribution in [0, 0.1) is 12.8 Å². The number of imidazole rings is 1. The summed E-state index contributed by atoms with van der Waals surface area (Å²) in [5.41, 5.74) is 3.77. The van der Waals surface area contributed by atoms with Crippen LogP contribution in [0.5, 0.6) is 5.75 Å². The van der Waals surface area contributed by atoms with Crippen molar-refractivity contribution in [1.82, 2.24) is 24.4 Å². The molecule has 4 aromatic rings. The van der Waals surface area contributed by atoms with Crippen LogP contribution in [-0.4, -0.2) is 53.4 Å². The molecular weight excluding hydrogens is 518 g/mol. The Morgan fingerprint density at radius 1 is 1.23 bits per heavy atom. The van der Waals surface area contributed by atoms with Crippen LogP contribution in [0.4, 0.5) is 0 Å². The van der Waals surface area contributed by atoms with Crippen molar-refractivity contribution in [3.05, 3.63) is 77.2 Å². The average molecular weight is 550 g/mol. The molecule has 0 radical (unpaired) electrons. The minimum atomic E-state index is -1.32. The molecule has 10 heteroatoms. The molecule has 5 rings (SSSR count). The van der Waals surface area contributed by atoms with Crippen LogP contribution in [-0.2, 0) is 17.9 Å². The number of pyridine rings is 2. The molecule has 0 aliphatic heterocycles. The highest BCUT2D eigenvalue weighted by Gasteiger charge is 2.30. The predicted octanol–water partition coefficient (Wildman–Crippen LogP) is 4.58. The van der Waals surface area contributed by atoms with Crippen molar-refractivity contribution in [1.29, 1.82) is 0 Å². The summed E-state index contributed by atoms with van der Waals surface area (Å²) in [6, 6.07) is 7.75. The number of hydrogen-bond donors (Lipinski definition) is 2. The second-order valence-electron chi connectivity index (χ2n) is 9.92. The lowest BCUT2D eigenvalue weighted by molar-refractivity contribution is -0.151. The first-order valence-electron chi connectivity index (χ1n) is 13.2. The van der Waals surface area contributed by atoms with Crippen molar-refractivity contribution in [3.63, 3.8) is 0 Å². The van der Waals surface area contributed by atoms with Crippen molar-refractivity contribution in [2.45, 2.75) is 58.4 Å². The third-order valence-electron chi connectivity index (χ3n) is 7.26. The van der Waals surface area contributed by atoms with E-state index in [1.807, 2.05) is 42.0 Å². The molecule has 39 heavy (non-hydrogen) atoms. The topological polar surface area (TPSA) is 114 Å². The Balaban J connectivity index is 1.43. The zero-order chi connectivity index (χ0) is 27.4. The van der Waals surface area contributed by atoms with Gasteiger partial charge < -0.3 is 24.4 Å². The number of aliphatic hydroxyl groups is 2. The van der Waals surface area contributed by atoms with Gasteiger partial charge in [0.05, 0.1) is 30.2 Å². The van der Waals surface area contributed by atoms with Crippen LogP contribution in [0.2, 0.25) is 5.02 Å². The number of aromatic nitrogens is 4. The number of ether oxygens (including phenoxy) is 1. The van der Waals surface area contributed by atoms with E-state index in [1.54, 1.807) is 18.7 Å². The molecular formula is C29H32ClN5O4. The van der Waals surface area contributed by atoms with Gasteiger partial charge in [-0.05, 0) is 37.5 Å². The lowest BCUT2D eigenvalue weighted by Crippen LogP contribution is -2.45.